The first kappa shape index (κ1) is 14.8. The molecule has 2 aromatic rings. The molecule has 1 amide bonds. The smallest absolute Gasteiger partial charge is 0.256 e. The average Bonchev–Trinajstić information content (AvgIpc) is 2.54. The zero-order chi connectivity index (χ0) is 15.2. The van der Waals surface area contributed by atoms with Gasteiger partial charge in [-0.25, -0.2) is 4.98 Å². The summed E-state index contributed by atoms with van der Waals surface area (Å²) in [5.74, 6) is 1.08. The lowest BCUT2D eigenvalue weighted by Crippen LogP contribution is -2.13. The Hall–Kier alpha value is -2.60. The van der Waals surface area contributed by atoms with Gasteiger partial charge in [0, 0.05) is 11.8 Å². The summed E-state index contributed by atoms with van der Waals surface area (Å²) in [6.07, 6.45) is 1.52. The maximum Gasteiger partial charge on any atom is 0.256 e. The van der Waals surface area contributed by atoms with E-state index in [-0.39, 0.29) is 12.5 Å². The zero-order valence-corrected chi connectivity index (χ0v) is 11.8. The van der Waals surface area contributed by atoms with Crippen LogP contribution in [0.15, 0.2) is 36.5 Å². The van der Waals surface area contributed by atoms with Crippen molar-refractivity contribution in [2.75, 3.05) is 19.5 Å². The molecule has 1 aromatic carbocycles. The van der Waals surface area contributed by atoms with Gasteiger partial charge in [0.25, 0.3) is 5.91 Å². The van der Waals surface area contributed by atoms with Crippen molar-refractivity contribution in [1.82, 2.24) is 4.98 Å². The number of pyridine rings is 1. The van der Waals surface area contributed by atoms with E-state index in [0.29, 0.717) is 28.4 Å². The maximum absolute atomic E-state index is 12.2. The number of aliphatic hydroxyl groups excluding tert-OH is 1. The Morgan fingerprint density at radius 3 is 2.62 bits per heavy atom. The van der Waals surface area contributed by atoms with Crippen molar-refractivity contribution in [3.63, 3.8) is 0 Å². The predicted molar refractivity (Wildman–Crippen MR) is 77.7 cm³/mol. The Kier molecular flexibility index (Phi) is 4.73. The SMILES string of the molecule is COc1ccc(C(=O)Nc2cc(CO)ccn2)cc1OC. The fraction of sp³-hybridized carbons (Fsp3) is 0.200. The van der Waals surface area contributed by atoms with Gasteiger partial charge in [0.2, 0.25) is 0 Å². The lowest BCUT2D eigenvalue weighted by atomic mass is 10.2. The lowest BCUT2D eigenvalue weighted by molar-refractivity contribution is 0.102. The van der Waals surface area contributed by atoms with E-state index >= 15 is 0 Å². The Balaban J connectivity index is 2.19. The van der Waals surface area contributed by atoms with Crippen LogP contribution in [-0.2, 0) is 6.61 Å². The van der Waals surface area contributed by atoms with E-state index in [1.165, 1.54) is 20.4 Å². The van der Waals surface area contributed by atoms with Gasteiger partial charge in [-0.15, -0.1) is 0 Å². The van der Waals surface area contributed by atoms with E-state index in [1.54, 1.807) is 30.3 Å². The third-order valence-corrected chi connectivity index (χ3v) is 2.89. The molecule has 0 fully saturated rings. The minimum absolute atomic E-state index is 0.109. The van der Waals surface area contributed by atoms with Crippen LogP contribution in [0.3, 0.4) is 0 Å². The van der Waals surface area contributed by atoms with Gasteiger partial charge in [0.15, 0.2) is 11.5 Å². The molecule has 0 aliphatic heterocycles. The Bertz CT molecular complexity index is 643. The van der Waals surface area contributed by atoms with Crippen molar-refractivity contribution >= 4 is 11.7 Å². The fourth-order valence-corrected chi connectivity index (χ4v) is 1.81. The zero-order valence-electron chi connectivity index (χ0n) is 11.8. The minimum atomic E-state index is -0.321. The van der Waals surface area contributed by atoms with Gasteiger partial charge in [-0.2, -0.15) is 0 Å². The van der Waals surface area contributed by atoms with Crippen LogP contribution in [0, 0.1) is 0 Å². The highest BCUT2D eigenvalue weighted by Gasteiger charge is 2.11. The summed E-state index contributed by atoms with van der Waals surface area (Å²) in [7, 11) is 3.04. The highest BCUT2D eigenvalue weighted by molar-refractivity contribution is 6.04. The largest absolute Gasteiger partial charge is 0.493 e. The third-order valence-electron chi connectivity index (χ3n) is 2.89. The Morgan fingerprint density at radius 1 is 1.19 bits per heavy atom. The number of aliphatic hydroxyl groups is 1. The molecular formula is C15H16N2O4. The lowest BCUT2D eigenvalue weighted by Gasteiger charge is -2.10. The first-order valence-electron chi connectivity index (χ1n) is 6.27. The first-order chi connectivity index (χ1) is 10.2. The fourth-order valence-electron chi connectivity index (χ4n) is 1.81. The predicted octanol–water partition coefficient (Wildman–Crippen LogP) is 1.84. The quantitative estimate of drug-likeness (QED) is 0.877. The number of benzene rings is 1. The van der Waals surface area contributed by atoms with Crippen LogP contribution in [0.1, 0.15) is 15.9 Å². The summed E-state index contributed by atoms with van der Waals surface area (Å²) in [5, 5.41) is 11.7. The van der Waals surface area contributed by atoms with Gasteiger partial charge in [0.1, 0.15) is 5.82 Å². The normalized spacial score (nSPS) is 10.0. The number of nitrogens with zero attached hydrogens (tertiary/aromatic N) is 1. The number of hydrogen-bond acceptors (Lipinski definition) is 5. The summed E-state index contributed by atoms with van der Waals surface area (Å²) in [6.45, 7) is -0.109. The van der Waals surface area contributed by atoms with Gasteiger partial charge >= 0.3 is 0 Å². The molecule has 6 heteroatoms. The van der Waals surface area contributed by atoms with Crippen molar-refractivity contribution in [3.05, 3.63) is 47.7 Å². The molecule has 1 aromatic heterocycles. The average molecular weight is 288 g/mol. The molecule has 2 rings (SSSR count). The molecule has 0 saturated heterocycles. The molecule has 6 nitrogen and oxygen atoms in total. The number of carbonyl (C=O) groups is 1. The standard InChI is InChI=1S/C15H16N2O4/c1-20-12-4-3-11(8-13(12)21-2)15(19)17-14-7-10(9-18)5-6-16-14/h3-8,18H,9H2,1-2H3,(H,16,17,19). The molecule has 0 saturated carbocycles. The molecule has 0 spiro atoms. The summed E-state index contributed by atoms with van der Waals surface area (Å²) >= 11 is 0. The minimum Gasteiger partial charge on any atom is -0.493 e. The molecule has 0 radical (unpaired) electrons. The van der Waals surface area contributed by atoms with Crippen LogP contribution < -0.4 is 14.8 Å². The molecule has 2 N–H and O–H groups in total. The molecule has 0 bridgehead atoms. The van der Waals surface area contributed by atoms with E-state index in [1.807, 2.05) is 0 Å². The van der Waals surface area contributed by atoms with Crippen LogP contribution in [0.2, 0.25) is 0 Å². The molecule has 110 valence electrons. The van der Waals surface area contributed by atoms with Gasteiger partial charge in [-0.1, -0.05) is 0 Å². The summed E-state index contributed by atoms with van der Waals surface area (Å²) in [6, 6.07) is 8.16. The molecule has 0 atom stereocenters. The van der Waals surface area contributed by atoms with E-state index in [4.69, 9.17) is 14.6 Å². The second-order valence-corrected chi connectivity index (χ2v) is 4.23. The third kappa shape index (κ3) is 3.49. The van der Waals surface area contributed by atoms with Crippen LogP contribution in [-0.4, -0.2) is 30.2 Å². The number of aromatic nitrogens is 1. The van der Waals surface area contributed by atoms with Crippen LogP contribution in [0.4, 0.5) is 5.82 Å². The number of anilines is 1. The maximum atomic E-state index is 12.2. The number of hydrogen-bond donors (Lipinski definition) is 2. The van der Waals surface area contributed by atoms with Crippen molar-refractivity contribution in [1.29, 1.82) is 0 Å². The molecule has 0 aliphatic carbocycles. The monoisotopic (exact) mass is 288 g/mol. The number of rotatable bonds is 5. The van der Waals surface area contributed by atoms with Crippen molar-refractivity contribution in [2.24, 2.45) is 0 Å². The molecule has 21 heavy (non-hydrogen) atoms. The molecule has 0 aliphatic rings. The van der Waals surface area contributed by atoms with E-state index in [0.717, 1.165) is 0 Å². The number of ether oxygens (including phenoxy) is 2. The van der Waals surface area contributed by atoms with Gasteiger partial charge in [-0.3, -0.25) is 4.79 Å². The van der Waals surface area contributed by atoms with E-state index in [2.05, 4.69) is 10.3 Å². The van der Waals surface area contributed by atoms with Gasteiger partial charge in [0.05, 0.1) is 20.8 Å². The van der Waals surface area contributed by atoms with Gasteiger partial charge < -0.3 is 19.9 Å². The summed E-state index contributed by atoms with van der Waals surface area (Å²) < 4.78 is 10.3. The highest BCUT2D eigenvalue weighted by atomic mass is 16.5. The summed E-state index contributed by atoms with van der Waals surface area (Å²) in [5.41, 5.74) is 1.09. The Labute approximate surface area is 122 Å². The van der Waals surface area contributed by atoms with Crippen molar-refractivity contribution in [3.8, 4) is 11.5 Å². The highest BCUT2D eigenvalue weighted by Crippen LogP contribution is 2.27. The molecule has 1 heterocycles. The number of methoxy groups -OCH3 is 2. The van der Waals surface area contributed by atoms with Gasteiger partial charge in [-0.05, 0) is 35.9 Å². The topological polar surface area (TPSA) is 80.7 Å². The second-order valence-electron chi connectivity index (χ2n) is 4.23. The first-order valence-corrected chi connectivity index (χ1v) is 6.27. The van der Waals surface area contributed by atoms with E-state index < -0.39 is 0 Å². The van der Waals surface area contributed by atoms with Crippen molar-refractivity contribution < 1.29 is 19.4 Å². The van der Waals surface area contributed by atoms with Crippen LogP contribution in [0.5, 0.6) is 11.5 Å². The summed E-state index contributed by atoms with van der Waals surface area (Å²) in [4.78, 5) is 16.2. The molecule has 0 unspecified atom stereocenters. The van der Waals surface area contributed by atoms with E-state index in [9.17, 15) is 4.79 Å². The number of nitrogens with one attached hydrogen (secondary N) is 1. The number of amides is 1. The van der Waals surface area contributed by atoms with Crippen molar-refractivity contribution in [2.45, 2.75) is 6.61 Å². The van der Waals surface area contributed by atoms with Crippen LogP contribution in [0.25, 0.3) is 0 Å². The number of carbonyl (C=O) groups excluding carboxylic acids is 1. The Morgan fingerprint density at radius 2 is 1.95 bits per heavy atom. The second kappa shape index (κ2) is 6.71. The van der Waals surface area contributed by atoms with Crippen LogP contribution >= 0.6 is 0 Å². The molecular weight excluding hydrogens is 272 g/mol.